The lowest BCUT2D eigenvalue weighted by Crippen LogP contribution is -2.41. The van der Waals surface area contributed by atoms with Gasteiger partial charge in [0.25, 0.3) is 0 Å². The van der Waals surface area contributed by atoms with E-state index in [1.807, 2.05) is 17.0 Å². The molecule has 0 saturated carbocycles. The average Bonchev–Trinajstić information content (AvgIpc) is 3.34. The first kappa shape index (κ1) is 23.9. The normalized spacial score (nSPS) is 20.3. The fourth-order valence-electron chi connectivity index (χ4n) is 5.94. The van der Waals surface area contributed by atoms with Crippen molar-refractivity contribution >= 4 is 22.5 Å². The second-order valence-electron chi connectivity index (χ2n) is 10.4. The topological polar surface area (TPSA) is 48.8 Å². The Bertz CT molecular complexity index is 1400. The van der Waals surface area contributed by atoms with E-state index in [4.69, 9.17) is 4.99 Å². The number of nitrogens with zero attached hydrogens (tertiary/aromatic N) is 4. The van der Waals surface area contributed by atoms with E-state index in [0.717, 1.165) is 54.5 Å². The molecule has 37 heavy (non-hydrogen) atoms. The van der Waals surface area contributed by atoms with Gasteiger partial charge in [0, 0.05) is 55.3 Å². The van der Waals surface area contributed by atoms with Gasteiger partial charge in [0.2, 0.25) is 5.91 Å². The molecule has 1 saturated heterocycles. The fourth-order valence-corrected chi connectivity index (χ4v) is 5.94. The molecular weight excluding hydrogens is 470 g/mol. The van der Waals surface area contributed by atoms with E-state index in [1.54, 1.807) is 6.20 Å². The molecule has 0 spiro atoms. The molecular formula is C30H30F2N4O. The van der Waals surface area contributed by atoms with Gasteiger partial charge in [-0.05, 0) is 73.2 Å². The third kappa shape index (κ3) is 4.92. The van der Waals surface area contributed by atoms with Crippen LogP contribution in [0.5, 0.6) is 0 Å². The van der Waals surface area contributed by atoms with Crippen LogP contribution in [-0.2, 0) is 11.3 Å². The van der Waals surface area contributed by atoms with E-state index in [2.05, 4.69) is 28.1 Å². The highest BCUT2D eigenvalue weighted by molar-refractivity contribution is 6.16. The van der Waals surface area contributed by atoms with Gasteiger partial charge in [-0.15, -0.1) is 0 Å². The standard InChI is InChI=1S/C30H30F2N4O/c31-26-6-1-7-27(32)25(26)18-35-12-3-4-20(17-35)14-29(37)36-13-10-23-16-34-30(24(23)19-36)22-8-9-28-21(15-22)5-2-11-33-28/h1-2,5-9,11,15,20H,3-4,10,12-14,16-19H2/t20-/m0/s1. The van der Waals surface area contributed by atoms with Crippen molar-refractivity contribution in [3.8, 4) is 0 Å². The number of fused-ring (bicyclic) bond motifs is 1. The zero-order valence-corrected chi connectivity index (χ0v) is 20.8. The average molecular weight is 501 g/mol. The van der Waals surface area contributed by atoms with Crippen LogP contribution in [0.15, 0.2) is 70.9 Å². The van der Waals surface area contributed by atoms with Crippen LogP contribution in [0, 0.1) is 17.6 Å². The number of rotatable bonds is 5. The number of aromatic nitrogens is 1. The second kappa shape index (κ2) is 10.1. The summed E-state index contributed by atoms with van der Waals surface area (Å²) in [5.41, 5.74) is 5.66. The van der Waals surface area contributed by atoms with Gasteiger partial charge in [0.15, 0.2) is 0 Å². The lowest BCUT2D eigenvalue weighted by molar-refractivity contribution is -0.132. The summed E-state index contributed by atoms with van der Waals surface area (Å²) in [5, 5.41) is 1.08. The predicted octanol–water partition coefficient (Wildman–Crippen LogP) is 5.15. The van der Waals surface area contributed by atoms with Crippen molar-refractivity contribution in [1.82, 2.24) is 14.8 Å². The Morgan fingerprint density at radius 3 is 2.78 bits per heavy atom. The molecule has 7 heteroatoms. The molecule has 1 aromatic heterocycles. The molecule has 1 atom stereocenters. The van der Waals surface area contributed by atoms with Gasteiger partial charge in [-0.2, -0.15) is 0 Å². The summed E-state index contributed by atoms with van der Waals surface area (Å²) in [5.74, 6) is -0.666. The number of amides is 1. The van der Waals surface area contributed by atoms with Gasteiger partial charge in [-0.1, -0.05) is 18.2 Å². The summed E-state index contributed by atoms with van der Waals surface area (Å²) in [6, 6.07) is 14.2. The maximum Gasteiger partial charge on any atom is 0.223 e. The van der Waals surface area contributed by atoms with Crippen LogP contribution in [0.4, 0.5) is 8.78 Å². The molecule has 1 amide bonds. The van der Waals surface area contributed by atoms with Crippen molar-refractivity contribution in [2.75, 3.05) is 32.7 Å². The zero-order valence-electron chi connectivity index (χ0n) is 20.8. The molecule has 3 aliphatic heterocycles. The number of hydrogen-bond acceptors (Lipinski definition) is 4. The van der Waals surface area contributed by atoms with Crippen LogP contribution in [0.2, 0.25) is 0 Å². The van der Waals surface area contributed by atoms with Gasteiger partial charge < -0.3 is 4.90 Å². The Morgan fingerprint density at radius 2 is 1.92 bits per heavy atom. The zero-order chi connectivity index (χ0) is 25.4. The molecule has 190 valence electrons. The molecule has 5 nitrogen and oxygen atoms in total. The molecule has 0 unspecified atom stereocenters. The van der Waals surface area contributed by atoms with Crippen molar-refractivity contribution in [3.05, 3.63) is 88.6 Å². The lowest BCUT2D eigenvalue weighted by Gasteiger charge is -2.35. The molecule has 6 rings (SSSR count). The number of carbonyl (C=O) groups is 1. The van der Waals surface area contributed by atoms with Crippen molar-refractivity contribution in [1.29, 1.82) is 0 Å². The largest absolute Gasteiger partial charge is 0.338 e. The summed E-state index contributed by atoms with van der Waals surface area (Å²) >= 11 is 0. The summed E-state index contributed by atoms with van der Waals surface area (Å²) in [6.07, 6.45) is 5.00. The van der Waals surface area contributed by atoms with Gasteiger partial charge in [-0.25, -0.2) is 8.78 Å². The van der Waals surface area contributed by atoms with Crippen LogP contribution >= 0.6 is 0 Å². The van der Waals surface area contributed by atoms with Crippen LogP contribution < -0.4 is 0 Å². The first-order valence-electron chi connectivity index (χ1n) is 13.1. The van der Waals surface area contributed by atoms with Crippen molar-refractivity contribution < 1.29 is 13.6 Å². The Hall–Kier alpha value is -3.45. The van der Waals surface area contributed by atoms with Crippen LogP contribution in [0.25, 0.3) is 10.9 Å². The van der Waals surface area contributed by atoms with Crippen molar-refractivity contribution in [2.24, 2.45) is 10.9 Å². The Labute approximate surface area is 215 Å². The maximum atomic E-state index is 14.1. The van der Waals surface area contributed by atoms with Crippen molar-refractivity contribution in [2.45, 2.75) is 32.2 Å². The summed E-state index contributed by atoms with van der Waals surface area (Å²) in [6.45, 7) is 3.73. The SMILES string of the molecule is O=C(C[C@@H]1CCCN(Cc2c(F)cccc2F)C1)N1CCC2=C(C1)C(c1ccc3ncccc3c1)=NC2. The summed E-state index contributed by atoms with van der Waals surface area (Å²) < 4.78 is 28.3. The molecule has 0 radical (unpaired) electrons. The molecule has 0 aliphatic carbocycles. The van der Waals surface area contributed by atoms with Gasteiger partial charge >= 0.3 is 0 Å². The number of aliphatic imine (C=N–C) groups is 1. The monoisotopic (exact) mass is 500 g/mol. The summed E-state index contributed by atoms with van der Waals surface area (Å²) in [4.78, 5) is 26.7. The number of halogens is 2. The molecule has 1 fully saturated rings. The number of pyridine rings is 1. The number of hydrogen-bond donors (Lipinski definition) is 0. The highest BCUT2D eigenvalue weighted by Crippen LogP contribution is 2.30. The number of likely N-dealkylation sites (tertiary alicyclic amines) is 1. The highest BCUT2D eigenvalue weighted by Gasteiger charge is 2.31. The van der Waals surface area contributed by atoms with E-state index >= 15 is 0 Å². The number of carbonyl (C=O) groups excluding carboxylic acids is 1. The summed E-state index contributed by atoms with van der Waals surface area (Å²) in [7, 11) is 0. The molecule has 3 aliphatic rings. The number of piperidine rings is 1. The minimum atomic E-state index is -0.507. The fraction of sp³-hybridized carbons (Fsp3) is 0.367. The molecule has 3 aromatic rings. The first-order chi connectivity index (χ1) is 18.0. The smallest absolute Gasteiger partial charge is 0.223 e. The Kier molecular flexibility index (Phi) is 6.55. The molecule has 4 heterocycles. The quantitative estimate of drug-likeness (QED) is 0.487. The second-order valence-corrected chi connectivity index (χ2v) is 10.4. The van der Waals surface area contributed by atoms with Gasteiger partial charge in [0.1, 0.15) is 11.6 Å². The van der Waals surface area contributed by atoms with Crippen LogP contribution in [0.1, 0.15) is 36.8 Å². The Morgan fingerprint density at radius 1 is 1.05 bits per heavy atom. The predicted molar refractivity (Wildman–Crippen MR) is 140 cm³/mol. The molecule has 2 aromatic carbocycles. The van der Waals surface area contributed by atoms with Gasteiger partial charge in [0.05, 0.1) is 17.8 Å². The maximum absolute atomic E-state index is 14.1. The van der Waals surface area contributed by atoms with Crippen LogP contribution in [-0.4, -0.2) is 59.1 Å². The van der Waals surface area contributed by atoms with E-state index < -0.39 is 11.6 Å². The van der Waals surface area contributed by atoms with E-state index in [1.165, 1.54) is 29.3 Å². The lowest BCUT2D eigenvalue weighted by atomic mass is 9.91. The van der Waals surface area contributed by atoms with Crippen LogP contribution in [0.3, 0.4) is 0 Å². The molecule has 0 bridgehead atoms. The molecule has 0 N–H and O–H groups in total. The van der Waals surface area contributed by atoms with E-state index in [0.29, 0.717) is 26.1 Å². The first-order valence-corrected chi connectivity index (χ1v) is 13.1. The van der Waals surface area contributed by atoms with Crippen molar-refractivity contribution in [3.63, 3.8) is 0 Å². The van der Waals surface area contributed by atoms with E-state index in [-0.39, 0.29) is 23.9 Å². The third-order valence-corrected chi connectivity index (χ3v) is 7.91. The minimum Gasteiger partial charge on any atom is -0.338 e. The minimum absolute atomic E-state index is 0.113. The van der Waals surface area contributed by atoms with Gasteiger partial charge in [-0.3, -0.25) is 19.7 Å². The Balaban J connectivity index is 1.10. The third-order valence-electron chi connectivity index (χ3n) is 7.91. The highest BCUT2D eigenvalue weighted by atomic mass is 19.1. The van der Waals surface area contributed by atoms with E-state index in [9.17, 15) is 13.6 Å². The number of benzene rings is 2.